The highest BCUT2D eigenvalue weighted by molar-refractivity contribution is 5.88. The van der Waals surface area contributed by atoms with Gasteiger partial charge in [0.15, 0.2) is 0 Å². The number of hydrogen-bond donors (Lipinski definition) is 2. The first kappa shape index (κ1) is 15.0. The third-order valence-electron chi connectivity index (χ3n) is 4.62. The molecule has 2 amide bonds. The van der Waals surface area contributed by atoms with Gasteiger partial charge in [-0.1, -0.05) is 18.2 Å². The van der Waals surface area contributed by atoms with Crippen molar-refractivity contribution in [2.75, 3.05) is 13.2 Å². The first-order valence-electron chi connectivity index (χ1n) is 8.15. The van der Waals surface area contributed by atoms with Crippen LogP contribution in [0.25, 0.3) is 0 Å². The third kappa shape index (κ3) is 2.60. The summed E-state index contributed by atoms with van der Waals surface area (Å²) < 4.78 is 5.72. The molecule has 1 saturated heterocycles. The van der Waals surface area contributed by atoms with Gasteiger partial charge in [-0.15, -0.1) is 0 Å². The number of benzene rings is 1. The molecule has 3 aliphatic heterocycles. The summed E-state index contributed by atoms with van der Waals surface area (Å²) in [5.74, 6) is 0.772. The van der Waals surface area contributed by atoms with Crippen LogP contribution in [0.4, 0.5) is 0 Å². The topological polar surface area (TPSA) is 73.9 Å². The molecule has 1 aromatic rings. The summed E-state index contributed by atoms with van der Waals surface area (Å²) in [4.78, 5) is 26.8. The molecular formula is C17H20N4O3. The molecule has 126 valence electrons. The fourth-order valence-corrected chi connectivity index (χ4v) is 3.43. The maximum atomic E-state index is 12.9. The zero-order valence-electron chi connectivity index (χ0n) is 13.5. The van der Waals surface area contributed by atoms with E-state index in [-0.39, 0.29) is 17.9 Å². The lowest BCUT2D eigenvalue weighted by atomic mass is 10.1. The number of carbonyl (C=O) groups excluding carboxylic acids is 2. The Kier molecular flexibility index (Phi) is 3.65. The number of para-hydroxylation sites is 1. The minimum Gasteiger partial charge on any atom is -0.491 e. The standard InChI is InChI=1S/C17H20N4O3/c1-11-9-21-14(16(22)18-11)8-13(19-21)17(23)20-6-7-24-15-5-3-2-4-12(15)10-20/h2-5,9,13-14,19H,6-8,10H2,1H3,(H,18,22). The van der Waals surface area contributed by atoms with Crippen LogP contribution in [0.15, 0.2) is 36.2 Å². The number of fused-ring (bicyclic) bond motifs is 2. The van der Waals surface area contributed by atoms with Gasteiger partial charge in [0.2, 0.25) is 11.8 Å². The second-order valence-electron chi connectivity index (χ2n) is 6.36. The second kappa shape index (κ2) is 5.83. The normalized spacial score (nSPS) is 25.9. The molecule has 0 aromatic heterocycles. The molecule has 2 atom stereocenters. The van der Waals surface area contributed by atoms with Crippen LogP contribution in [0.5, 0.6) is 5.75 Å². The molecule has 0 bridgehead atoms. The zero-order chi connectivity index (χ0) is 16.7. The summed E-state index contributed by atoms with van der Waals surface area (Å²) >= 11 is 0. The van der Waals surface area contributed by atoms with Crippen LogP contribution in [0.3, 0.4) is 0 Å². The van der Waals surface area contributed by atoms with Crippen molar-refractivity contribution >= 4 is 11.8 Å². The summed E-state index contributed by atoms with van der Waals surface area (Å²) in [6.07, 6.45) is 2.30. The van der Waals surface area contributed by atoms with E-state index in [0.29, 0.717) is 26.1 Å². The van der Waals surface area contributed by atoms with E-state index in [1.54, 1.807) is 9.91 Å². The fraction of sp³-hybridized carbons (Fsp3) is 0.412. The molecule has 1 aromatic carbocycles. The van der Waals surface area contributed by atoms with Crippen LogP contribution in [0.1, 0.15) is 18.9 Å². The van der Waals surface area contributed by atoms with Crippen molar-refractivity contribution in [3.63, 3.8) is 0 Å². The number of nitrogens with zero attached hydrogens (tertiary/aromatic N) is 2. The maximum Gasteiger partial charge on any atom is 0.248 e. The van der Waals surface area contributed by atoms with E-state index in [2.05, 4.69) is 10.7 Å². The first-order chi connectivity index (χ1) is 11.6. The van der Waals surface area contributed by atoms with Gasteiger partial charge < -0.3 is 20.0 Å². The molecule has 24 heavy (non-hydrogen) atoms. The number of carbonyl (C=O) groups is 2. The maximum absolute atomic E-state index is 12.9. The molecule has 2 N–H and O–H groups in total. The van der Waals surface area contributed by atoms with E-state index in [4.69, 9.17) is 4.74 Å². The molecule has 7 heteroatoms. The third-order valence-corrected chi connectivity index (χ3v) is 4.62. The van der Waals surface area contributed by atoms with Crippen molar-refractivity contribution in [2.45, 2.75) is 32.0 Å². The van der Waals surface area contributed by atoms with Gasteiger partial charge in [0, 0.05) is 30.4 Å². The number of rotatable bonds is 1. The summed E-state index contributed by atoms with van der Waals surface area (Å²) in [6, 6.07) is 7.05. The SMILES string of the molecule is CC1=CN2NC(C(=O)N3CCOc4ccccc4C3)CC2C(=O)N1. The molecule has 3 aliphatic rings. The van der Waals surface area contributed by atoms with Crippen molar-refractivity contribution in [1.82, 2.24) is 20.7 Å². The second-order valence-corrected chi connectivity index (χ2v) is 6.36. The van der Waals surface area contributed by atoms with Crippen LogP contribution in [-0.4, -0.2) is 47.0 Å². The molecule has 2 unspecified atom stereocenters. The zero-order valence-corrected chi connectivity index (χ0v) is 13.5. The van der Waals surface area contributed by atoms with Crippen LogP contribution in [0.2, 0.25) is 0 Å². The molecule has 0 saturated carbocycles. The smallest absolute Gasteiger partial charge is 0.248 e. The Morgan fingerprint density at radius 3 is 3.04 bits per heavy atom. The average molecular weight is 328 g/mol. The van der Waals surface area contributed by atoms with Crippen LogP contribution in [0, 0.1) is 0 Å². The summed E-state index contributed by atoms with van der Waals surface area (Å²) in [6.45, 7) is 3.37. The van der Waals surface area contributed by atoms with Crippen molar-refractivity contribution in [2.24, 2.45) is 0 Å². The lowest BCUT2D eigenvalue weighted by Crippen LogP contribution is -2.49. The van der Waals surface area contributed by atoms with Crippen molar-refractivity contribution < 1.29 is 14.3 Å². The summed E-state index contributed by atoms with van der Waals surface area (Å²) in [5.41, 5.74) is 4.94. The van der Waals surface area contributed by atoms with Gasteiger partial charge in [-0.05, 0) is 13.0 Å². The lowest BCUT2D eigenvalue weighted by Gasteiger charge is -2.27. The molecular weight excluding hydrogens is 308 g/mol. The van der Waals surface area contributed by atoms with E-state index < -0.39 is 6.04 Å². The van der Waals surface area contributed by atoms with Gasteiger partial charge in [0.1, 0.15) is 24.4 Å². The van der Waals surface area contributed by atoms with Crippen molar-refractivity contribution in [3.05, 3.63) is 41.7 Å². The number of hydrogen-bond acceptors (Lipinski definition) is 5. The van der Waals surface area contributed by atoms with Gasteiger partial charge in [-0.2, -0.15) is 0 Å². The minimum atomic E-state index is -0.395. The number of nitrogens with one attached hydrogen (secondary N) is 2. The average Bonchev–Trinajstić information content (AvgIpc) is 2.86. The predicted molar refractivity (Wildman–Crippen MR) is 86.4 cm³/mol. The Balaban J connectivity index is 1.50. The van der Waals surface area contributed by atoms with Gasteiger partial charge in [0.05, 0.1) is 6.54 Å². The van der Waals surface area contributed by atoms with E-state index >= 15 is 0 Å². The van der Waals surface area contributed by atoms with Gasteiger partial charge in [-0.3, -0.25) is 9.59 Å². The van der Waals surface area contributed by atoms with Crippen LogP contribution >= 0.6 is 0 Å². The molecule has 1 fully saturated rings. The quantitative estimate of drug-likeness (QED) is 0.778. The molecule has 0 spiro atoms. The van der Waals surface area contributed by atoms with Crippen LogP contribution in [-0.2, 0) is 16.1 Å². The number of amides is 2. The largest absolute Gasteiger partial charge is 0.491 e. The minimum absolute atomic E-state index is 0.00329. The van der Waals surface area contributed by atoms with Crippen molar-refractivity contribution in [1.29, 1.82) is 0 Å². The Hall–Kier alpha value is -2.54. The van der Waals surface area contributed by atoms with E-state index in [9.17, 15) is 9.59 Å². The van der Waals surface area contributed by atoms with Gasteiger partial charge in [0.25, 0.3) is 0 Å². The Morgan fingerprint density at radius 2 is 2.17 bits per heavy atom. The summed E-state index contributed by atoms with van der Waals surface area (Å²) in [7, 11) is 0. The fourth-order valence-electron chi connectivity index (χ4n) is 3.43. The number of hydrazine groups is 1. The highest BCUT2D eigenvalue weighted by Gasteiger charge is 2.42. The molecule has 4 rings (SSSR count). The van der Waals surface area contributed by atoms with Gasteiger partial charge in [-0.25, -0.2) is 5.43 Å². The molecule has 0 radical (unpaired) electrons. The van der Waals surface area contributed by atoms with E-state index in [1.165, 1.54) is 0 Å². The first-order valence-corrected chi connectivity index (χ1v) is 8.15. The molecule has 7 nitrogen and oxygen atoms in total. The van der Waals surface area contributed by atoms with Gasteiger partial charge >= 0.3 is 0 Å². The monoisotopic (exact) mass is 328 g/mol. The van der Waals surface area contributed by atoms with E-state index in [1.807, 2.05) is 37.4 Å². The Labute approximate surface area is 140 Å². The summed E-state index contributed by atoms with van der Waals surface area (Å²) in [5, 5.41) is 4.56. The van der Waals surface area contributed by atoms with Crippen LogP contribution < -0.4 is 15.5 Å². The highest BCUT2D eigenvalue weighted by atomic mass is 16.5. The Morgan fingerprint density at radius 1 is 1.33 bits per heavy atom. The molecule has 0 aliphatic carbocycles. The highest BCUT2D eigenvalue weighted by Crippen LogP contribution is 2.25. The number of allylic oxidation sites excluding steroid dienone is 1. The number of ether oxygens (including phenoxy) is 1. The Bertz CT molecular complexity index is 718. The van der Waals surface area contributed by atoms with E-state index in [0.717, 1.165) is 17.0 Å². The van der Waals surface area contributed by atoms with Crippen molar-refractivity contribution in [3.8, 4) is 5.75 Å². The molecule has 3 heterocycles. The lowest BCUT2D eigenvalue weighted by molar-refractivity contribution is -0.134. The predicted octanol–water partition coefficient (Wildman–Crippen LogP) is 0.346.